The molecule has 1 rings (SSSR count). The summed E-state index contributed by atoms with van der Waals surface area (Å²) >= 11 is 0. The monoisotopic (exact) mass is 406 g/mol. The van der Waals surface area contributed by atoms with Gasteiger partial charge in [-0.3, -0.25) is 14.9 Å². The van der Waals surface area contributed by atoms with Crippen LogP contribution < -0.4 is 10.1 Å². The number of carbonyl (C=O) groups excluding carboxylic acids is 1. The second-order valence-corrected chi connectivity index (χ2v) is 7.68. The molecule has 0 aromatic heterocycles. The molecule has 6 nitrogen and oxygen atoms in total. The molecule has 1 N–H and O–H groups in total. The molecule has 0 fully saturated rings. The number of hydrogen-bond acceptors (Lipinski definition) is 4. The van der Waals surface area contributed by atoms with Gasteiger partial charge in [-0.25, -0.2) is 0 Å². The Morgan fingerprint density at radius 2 is 1.45 bits per heavy atom. The second-order valence-electron chi connectivity index (χ2n) is 7.68. The van der Waals surface area contributed by atoms with Gasteiger partial charge in [-0.15, -0.1) is 0 Å². The van der Waals surface area contributed by atoms with Crippen molar-refractivity contribution >= 4 is 17.3 Å². The van der Waals surface area contributed by atoms with Crippen molar-refractivity contribution in [2.45, 2.75) is 96.8 Å². The third-order valence-electron chi connectivity index (χ3n) is 5.18. The number of methoxy groups -OCH3 is 1. The average Bonchev–Trinajstić information content (AvgIpc) is 2.71. The van der Waals surface area contributed by atoms with Gasteiger partial charge in [-0.2, -0.15) is 0 Å². The Bertz CT molecular complexity index is 605. The van der Waals surface area contributed by atoms with Crippen LogP contribution in [0.3, 0.4) is 0 Å². The fourth-order valence-electron chi connectivity index (χ4n) is 3.41. The number of amides is 1. The van der Waals surface area contributed by atoms with E-state index in [0.29, 0.717) is 12.2 Å². The van der Waals surface area contributed by atoms with Crippen LogP contribution in [0.1, 0.15) is 96.8 Å². The third kappa shape index (κ3) is 11.5. The molecular formula is C23H38N2O4. The largest absolute Gasteiger partial charge is 0.496 e. The van der Waals surface area contributed by atoms with E-state index in [2.05, 4.69) is 12.2 Å². The van der Waals surface area contributed by atoms with Crippen LogP contribution in [0.2, 0.25) is 0 Å². The first-order valence-corrected chi connectivity index (χ1v) is 11.2. The van der Waals surface area contributed by atoms with Crippen LogP contribution in [0.4, 0.5) is 11.4 Å². The van der Waals surface area contributed by atoms with Gasteiger partial charge in [0.2, 0.25) is 5.91 Å². The van der Waals surface area contributed by atoms with E-state index in [-0.39, 0.29) is 17.3 Å². The Morgan fingerprint density at radius 1 is 0.931 bits per heavy atom. The third-order valence-corrected chi connectivity index (χ3v) is 5.18. The van der Waals surface area contributed by atoms with Gasteiger partial charge in [-0.1, -0.05) is 84.0 Å². The van der Waals surface area contributed by atoms with Crippen molar-refractivity contribution in [2.24, 2.45) is 0 Å². The molecule has 0 aliphatic rings. The summed E-state index contributed by atoms with van der Waals surface area (Å²) < 4.78 is 5.00. The van der Waals surface area contributed by atoms with Gasteiger partial charge in [0.25, 0.3) is 5.69 Å². The molecule has 6 heteroatoms. The normalized spacial score (nSPS) is 10.7. The van der Waals surface area contributed by atoms with E-state index in [9.17, 15) is 14.9 Å². The molecule has 0 aliphatic heterocycles. The summed E-state index contributed by atoms with van der Waals surface area (Å²) in [6, 6.07) is 4.44. The Morgan fingerprint density at radius 3 is 1.93 bits per heavy atom. The van der Waals surface area contributed by atoms with Crippen LogP contribution in [0.5, 0.6) is 5.75 Å². The maximum atomic E-state index is 12.1. The molecule has 1 amide bonds. The summed E-state index contributed by atoms with van der Waals surface area (Å²) in [4.78, 5) is 22.7. The van der Waals surface area contributed by atoms with Crippen molar-refractivity contribution in [1.29, 1.82) is 0 Å². The summed E-state index contributed by atoms with van der Waals surface area (Å²) in [5, 5.41) is 13.8. The maximum absolute atomic E-state index is 12.1. The number of nitrogens with zero attached hydrogens (tertiary/aromatic N) is 1. The van der Waals surface area contributed by atoms with Crippen molar-refractivity contribution in [3.8, 4) is 5.75 Å². The van der Waals surface area contributed by atoms with Gasteiger partial charge in [0.05, 0.1) is 18.1 Å². The van der Waals surface area contributed by atoms with E-state index < -0.39 is 4.92 Å². The first-order valence-electron chi connectivity index (χ1n) is 11.2. The number of nitro groups is 1. The lowest BCUT2D eigenvalue weighted by Gasteiger charge is -2.07. The molecule has 164 valence electrons. The highest BCUT2D eigenvalue weighted by Crippen LogP contribution is 2.29. The molecule has 0 saturated heterocycles. The lowest BCUT2D eigenvalue weighted by atomic mass is 10.0. The number of carbonyl (C=O) groups is 1. The SMILES string of the molecule is CCCCCCCCCCCCCCCC(=O)Nc1ccc(OC)cc1[N+](=O)[O-]. The van der Waals surface area contributed by atoms with E-state index in [1.165, 1.54) is 83.5 Å². The summed E-state index contributed by atoms with van der Waals surface area (Å²) in [5.74, 6) is 0.215. The van der Waals surface area contributed by atoms with E-state index >= 15 is 0 Å². The number of unbranched alkanes of at least 4 members (excludes halogenated alkanes) is 12. The minimum absolute atomic E-state index is 0.150. The molecule has 1 aromatic carbocycles. The minimum atomic E-state index is -0.511. The predicted molar refractivity (Wildman–Crippen MR) is 119 cm³/mol. The van der Waals surface area contributed by atoms with Crippen LogP contribution in [0.15, 0.2) is 18.2 Å². The van der Waals surface area contributed by atoms with Crippen LogP contribution in [-0.2, 0) is 4.79 Å². The van der Waals surface area contributed by atoms with Gasteiger partial charge < -0.3 is 10.1 Å². The molecule has 1 aromatic rings. The zero-order valence-corrected chi connectivity index (χ0v) is 18.2. The first-order chi connectivity index (χ1) is 14.1. The molecule has 0 atom stereocenters. The fourth-order valence-corrected chi connectivity index (χ4v) is 3.41. The Labute approximate surface area is 175 Å². The highest BCUT2D eigenvalue weighted by atomic mass is 16.6. The fraction of sp³-hybridized carbons (Fsp3) is 0.696. The molecule has 0 saturated carbocycles. The average molecular weight is 407 g/mol. The van der Waals surface area contributed by atoms with Crippen LogP contribution in [0.25, 0.3) is 0 Å². The first kappa shape index (κ1) is 24.9. The number of hydrogen-bond donors (Lipinski definition) is 1. The Balaban J connectivity index is 2.08. The Kier molecular flexibility index (Phi) is 13.6. The molecule has 29 heavy (non-hydrogen) atoms. The van der Waals surface area contributed by atoms with Crippen molar-refractivity contribution in [3.05, 3.63) is 28.3 Å². The predicted octanol–water partition coefficient (Wildman–Crippen LogP) is 7.02. The quantitative estimate of drug-likeness (QED) is 0.171. The number of nitrogens with one attached hydrogen (secondary N) is 1. The molecule has 0 spiro atoms. The summed E-state index contributed by atoms with van der Waals surface area (Å²) in [7, 11) is 1.45. The van der Waals surface area contributed by atoms with Crippen LogP contribution in [0, 0.1) is 10.1 Å². The van der Waals surface area contributed by atoms with Crippen LogP contribution in [-0.4, -0.2) is 17.9 Å². The maximum Gasteiger partial charge on any atom is 0.296 e. The Hall–Kier alpha value is -2.11. The highest BCUT2D eigenvalue weighted by molar-refractivity contribution is 5.93. The number of anilines is 1. The van der Waals surface area contributed by atoms with Gasteiger partial charge in [0, 0.05) is 6.42 Å². The van der Waals surface area contributed by atoms with Crippen molar-refractivity contribution < 1.29 is 14.5 Å². The standard InChI is InChI=1S/C23H38N2O4/c1-3-4-5-6-7-8-9-10-11-12-13-14-15-16-23(26)24-21-18-17-20(29-2)19-22(21)25(27)28/h17-19H,3-16H2,1-2H3,(H,24,26). The van der Waals surface area contributed by atoms with E-state index in [1.54, 1.807) is 6.07 Å². The number of nitro benzene ring substituents is 1. The summed E-state index contributed by atoms with van der Waals surface area (Å²) in [6.45, 7) is 2.25. The zero-order valence-electron chi connectivity index (χ0n) is 18.2. The molecule has 0 unspecified atom stereocenters. The molecule has 0 aliphatic carbocycles. The molecular weight excluding hydrogens is 368 g/mol. The minimum Gasteiger partial charge on any atom is -0.496 e. The number of rotatable bonds is 17. The lowest BCUT2D eigenvalue weighted by Crippen LogP contribution is -2.12. The van der Waals surface area contributed by atoms with Gasteiger partial charge >= 0.3 is 0 Å². The van der Waals surface area contributed by atoms with Gasteiger partial charge in [0.15, 0.2) is 0 Å². The van der Waals surface area contributed by atoms with Crippen LogP contribution >= 0.6 is 0 Å². The summed E-state index contributed by atoms with van der Waals surface area (Å²) in [6.07, 6.45) is 16.7. The number of benzene rings is 1. The van der Waals surface area contributed by atoms with Crippen molar-refractivity contribution in [3.63, 3.8) is 0 Å². The second kappa shape index (κ2) is 15.8. The molecule has 0 radical (unpaired) electrons. The smallest absolute Gasteiger partial charge is 0.296 e. The van der Waals surface area contributed by atoms with E-state index in [4.69, 9.17) is 4.74 Å². The van der Waals surface area contributed by atoms with Crippen molar-refractivity contribution in [2.75, 3.05) is 12.4 Å². The highest BCUT2D eigenvalue weighted by Gasteiger charge is 2.17. The van der Waals surface area contributed by atoms with E-state index in [1.807, 2.05) is 0 Å². The topological polar surface area (TPSA) is 81.5 Å². The van der Waals surface area contributed by atoms with Crippen molar-refractivity contribution in [1.82, 2.24) is 0 Å². The summed E-state index contributed by atoms with van der Waals surface area (Å²) in [5.41, 5.74) is 0.0681. The van der Waals surface area contributed by atoms with Gasteiger partial charge in [-0.05, 0) is 18.6 Å². The van der Waals surface area contributed by atoms with E-state index in [0.717, 1.165) is 19.3 Å². The van der Waals surface area contributed by atoms with Gasteiger partial charge in [0.1, 0.15) is 11.4 Å². The molecule has 0 heterocycles. The zero-order chi connectivity index (χ0) is 21.3. The lowest BCUT2D eigenvalue weighted by molar-refractivity contribution is -0.384. The molecule has 0 bridgehead atoms. The number of ether oxygens (including phenoxy) is 1.